The van der Waals surface area contributed by atoms with Gasteiger partial charge < -0.3 is 4.81 Å². The first kappa shape index (κ1) is 12.0. The Bertz CT molecular complexity index is 58.1. The molecule has 0 N–H and O–H groups in total. The fraction of sp³-hybridized carbons (Fsp3) is 1.00. The van der Waals surface area contributed by atoms with E-state index in [0.717, 1.165) is 0 Å². The normalized spacial score (nSPS) is 10.6. The van der Waals surface area contributed by atoms with Gasteiger partial charge in [0.05, 0.1) is 0 Å². The van der Waals surface area contributed by atoms with Crippen LogP contribution in [0.2, 0.25) is 0 Å². The molecule has 0 saturated heterocycles. The van der Waals surface area contributed by atoms with E-state index in [2.05, 4.69) is 40.5 Å². The predicted molar refractivity (Wildman–Crippen MR) is 47.9 cm³/mol. The van der Waals surface area contributed by atoms with E-state index >= 15 is 0 Å². The molecule has 0 aliphatic rings. The quantitative estimate of drug-likeness (QED) is 0.531. The zero-order chi connectivity index (χ0) is 6.73. The van der Waals surface area contributed by atoms with Gasteiger partial charge >= 0.3 is 0 Å². The minimum atomic E-state index is 0. The molecule has 0 radical (unpaired) electrons. The van der Waals surface area contributed by atoms with Gasteiger partial charge in [0.25, 0.3) is 0 Å². The average Bonchev–Trinajstić information content (AvgIpc) is 1.64. The van der Waals surface area contributed by atoms with Crippen LogP contribution in [0, 0.1) is 0 Å². The van der Waals surface area contributed by atoms with Crippen molar-refractivity contribution in [2.45, 2.75) is 39.8 Å². The Morgan fingerprint density at radius 2 is 1.22 bits per heavy atom. The molecule has 0 unspecified atom stereocenters. The topological polar surface area (TPSA) is 3.24 Å². The third kappa shape index (κ3) is 4.80. The van der Waals surface area contributed by atoms with E-state index in [4.69, 9.17) is 0 Å². The number of halogens is 1. The molecule has 9 heavy (non-hydrogen) atoms. The van der Waals surface area contributed by atoms with Gasteiger partial charge in [-0.1, -0.05) is 27.7 Å². The molecule has 0 amide bonds. The van der Waals surface area contributed by atoms with E-state index in [1.54, 1.807) is 0 Å². The Morgan fingerprint density at radius 3 is 1.22 bits per heavy atom. The molecule has 0 spiro atoms. The van der Waals surface area contributed by atoms with Gasteiger partial charge in [-0.2, -0.15) is 0 Å². The van der Waals surface area contributed by atoms with Crippen LogP contribution in [0.5, 0.6) is 0 Å². The van der Waals surface area contributed by atoms with E-state index in [1.807, 2.05) is 0 Å². The minimum absolute atomic E-state index is 0. The summed E-state index contributed by atoms with van der Waals surface area (Å²) in [6.45, 7) is 8.83. The molecule has 0 aromatic heterocycles. The Labute approximate surface area is 65.7 Å². The number of hydrogen-bond acceptors (Lipinski definition) is 1. The molecule has 0 aliphatic heterocycles. The van der Waals surface area contributed by atoms with E-state index in [9.17, 15) is 0 Å². The number of nitrogens with zero attached hydrogens (tertiary/aromatic N) is 1. The Balaban J connectivity index is 0. The van der Waals surface area contributed by atoms with Gasteiger partial charge in [-0.25, -0.2) is 0 Å². The van der Waals surface area contributed by atoms with E-state index in [-0.39, 0.29) is 12.4 Å². The van der Waals surface area contributed by atoms with Crippen LogP contribution >= 0.6 is 12.4 Å². The maximum absolute atomic E-state index is 2.33. The van der Waals surface area contributed by atoms with Crippen molar-refractivity contribution in [3.05, 3.63) is 0 Å². The summed E-state index contributed by atoms with van der Waals surface area (Å²) < 4.78 is 0. The van der Waals surface area contributed by atoms with Crippen LogP contribution in [0.25, 0.3) is 0 Å². The van der Waals surface area contributed by atoms with Crippen LogP contribution < -0.4 is 0 Å². The molecule has 3 heteroatoms. The standard InChI is InChI=1S/C6H16BN.ClH/c1-5(2)8(7)6(3)4;/h5-6H,7H2,1-4H3;1H. The highest BCUT2D eigenvalue weighted by atomic mass is 35.5. The summed E-state index contributed by atoms with van der Waals surface area (Å²) in [6, 6.07) is 1.35. The van der Waals surface area contributed by atoms with Crippen molar-refractivity contribution < 1.29 is 0 Å². The molecule has 0 heterocycles. The zero-order valence-corrected chi connectivity index (χ0v) is 7.83. The van der Waals surface area contributed by atoms with Gasteiger partial charge in [-0.3, -0.25) is 0 Å². The minimum Gasteiger partial charge on any atom is -0.345 e. The second kappa shape index (κ2) is 5.13. The highest BCUT2D eigenvalue weighted by Gasteiger charge is 2.04. The molecule has 0 rings (SSSR count). The molecule has 1 nitrogen and oxygen atoms in total. The molecule has 56 valence electrons. The third-order valence-corrected chi connectivity index (χ3v) is 1.63. The van der Waals surface area contributed by atoms with Crippen molar-refractivity contribution in [3.8, 4) is 0 Å². The second-order valence-electron chi connectivity index (χ2n) is 2.85. The van der Waals surface area contributed by atoms with E-state index in [1.165, 1.54) is 0 Å². The highest BCUT2D eigenvalue weighted by molar-refractivity contribution is 6.04. The van der Waals surface area contributed by atoms with Crippen molar-refractivity contribution in [1.29, 1.82) is 0 Å². The summed E-state index contributed by atoms with van der Waals surface area (Å²) in [5.74, 6) is 0. The van der Waals surface area contributed by atoms with Crippen molar-refractivity contribution in [3.63, 3.8) is 0 Å². The van der Waals surface area contributed by atoms with Gasteiger partial charge in [-0.05, 0) is 12.1 Å². The fourth-order valence-electron chi connectivity index (χ4n) is 0.596. The maximum atomic E-state index is 2.33. The molecule has 0 aliphatic carbocycles. The van der Waals surface area contributed by atoms with Crippen LogP contribution in [0.15, 0.2) is 0 Å². The first-order valence-electron chi connectivity index (χ1n) is 3.27. The summed E-state index contributed by atoms with van der Waals surface area (Å²) in [6.07, 6.45) is 0. The summed E-state index contributed by atoms with van der Waals surface area (Å²) in [5, 5.41) is 0. The van der Waals surface area contributed by atoms with Crippen LogP contribution in [-0.2, 0) is 0 Å². The lowest BCUT2D eigenvalue weighted by Crippen LogP contribution is -2.34. The number of rotatable bonds is 2. The van der Waals surface area contributed by atoms with Gasteiger partial charge in [0.1, 0.15) is 0 Å². The second-order valence-corrected chi connectivity index (χ2v) is 2.85. The average molecular weight is 149 g/mol. The number of hydrogen-bond donors (Lipinski definition) is 0. The van der Waals surface area contributed by atoms with Crippen molar-refractivity contribution in [2.75, 3.05) is 0 Å². The lowest BCUT2D eigenvalue weighted by Gasteiger charge is -2.25. The van der Waals surface area contributed by atoms with Crippen LogP contribution in [0.4, 0.5) is 0 Å². The van der Waals surface area contributed by atoms with Gasteiger partial charge in [0, 0.05) is 0 Å². The van der Waals surface area contributed by atoms with Gasteiger partial charge in [-0.15, -0.1) is 12.4 Å². The highest BCUT2D eigenvalue weighted by Crippen LogP contribution is 1.97. The molecule has 0 aromatic rings. The van der Waals surface area contributed by atoms with Crippen molar-refractivity contribution in [1.82, 2.24) is 4.81 Å². The molecule has 0 saturated carbocycles. The van der Waals surface area contributed by atoms with Crippen LogP contribution in [-0.4, -0.2) is 24.9 Å². The van der Waals surface area contributed by atoms with E-state index < -0.39 is 0 Å². The van der Waals surface area contributed by atoms with Crippen molar-refractivity contribution >= 4 is 20.4 Å². The first-order valence-corrected chi connectivity index (χ1v) is 3.27. The Hall–Kier alpha value is 0.315. The lowest BCUT2D eigenvalue weighted by molar-refractivity contribution is 0.320. The molecule has 0 atom stereocenters. The fourth-order valence-corrected chi connectivity index (χ4v) is 0.596. The smallest absolute Gasteiger partial charge is 0.186 e. The molecular weight excluding hydrogens is 132 g/mol. The summed E-state index contributed by atoms with van der Waals surface area (Å²) in [5.41, 5.74) is 0. The Kier molecular flexibility index (Phi) is 6.86. The predicted octanol–water partition coefficient (Wildman–Crippen LogP) is 1.08. The summed E-state index contributed by atoms with van der Waals surface area (Å²) >= 11 is 0. The molecule has 0 bridgehead atoms. The molecule has 0 aromatic carbocycles. The Morgan fingerprint density at radius 1 is 1.00 bits per heavy atom. The molecule has 0 fully saturated rings. The lowest BCUT2D eigenvalue weighted by atomic mass is 10.1. The van der Waals surface area contributed by atoms with Crippen molar-refractivity contribution in [2.24, 2.45) is 0 Å². The monoisotopic (exact) mass is 149 g/mol. The first-order chi connectivity index (χ1) is 3.55. The van der Waals surface area contributed by atoms with E-state index in [0.29, 0.717) is 12.1 Å². The maximum Gasteiger partial charge on any atom is 0.186 e. The third-order valence-electron chi connectivity index (χ3n) is 1.63. The van der Waals surface area contributed by atoms with Crippen LogP contribution in [0.3, 0.4) is 0 Å². The summed E-state index contributed by atoms with van der Waals surface area (Å²) in [7, 11) is 2.15. The van der Waals surface area contributed by atoms with Gasteiger partial charge in [0.2, 0.25) is 0 Å². The molecular formula is C6H17BClN. The SMILES string of the molecule is BN(C(C)C)C(C)C.Cl. The summed E-state index contributed by atoms with van der Waals surface area (Å²) in [4.78, 5) is 2.33. The largest absolute Gasteiger partial charge is 0.345 e. The van der Waals surface area contributed by atoms with Crippen LogP contribution in [0.1, 0.15) is 27.7 Å². The van der Waals surface area contributed by atoms with Gasteiger partial charge in [0.15, 0.2) is 7.98 Å². The zero-order valence-electron chi connectivity index (χ0n) is 7.01.